The Hall–Kier alpha value is -2.44. The molecule has 0 atom stereocenters. The predicted octanol–water partition coefficient (Wildman–Crippen LogP) is 0.168. The number of carbonyl (C=O) groups is 1. The summed E-state index contributed by atoms with van der Waals surface area (Å²) < 4.78 is 1.41. The van der Waals surface area contributed by atoms with Gasteiger partial charge in [0, 0.05) is 13.2 Å². The van der Waals surface area contributed by atoms with Crippen molar-refractivity contribution in [1.29, 1.82) is 0 Å². The highest BCUT2D eigenvalue weighted by atomic mass is 16.3. The smallest absolute Gasteiger partial charge is 0.261 e. The second-order valence-corrected chi connectivity index (χ2v) is 3.05. The normalized spacial score (nSPS) is 10.1. The molecule has 0 aromatic carbocycles. The molecule has 0 fully saturated rings. The molecule has 0 unspecified atom stereocenters. The second-order valence-electron chi connectivity index (χ2n) is 3.05. The van der Waals surface area contributed by atoms with Crippen LogP contribution in [0.4, 0.5) is 5.95 Å². The van der Waals surface area contributed by atoms with Gasteiger partial charge in [0.1, 0.15) is 12.1 Å². The van der Waals surface area contributed by atoms with Crippen molar-refractivity contribution >= 4 is 11.9 Å². The van der Waals surface area contributed by atoms with E-state index in [4.69, 9.17) is 0 Å². The predicted molar refractivity (Wildman–Crippen MR) is 54.9 cm³/mol. The highest BCUT2D eigenvalue weighted by Gasteiger charge is 2.12. The molecule has 0 aliphatic rings. The molecule has 0 aliphatic heterocycles. The number of anilines is 1. The number of nitrogens with one attached hydrogen (secondary N) is 1. The lowest BCUT2D eigenvalue weighted by molar-refractivity contribution is 0.102. The summed E-state index contributed by atoms with van der Waals surface area (Å²) in [7, 11) is 1.65. The van der Waals surface area contributed by atoms with E-state index in [2.05, 4.69) is 20.4 Å². The molecule has 82 valence electrons. The molecule has 7 nitrogen and oxygen atoms in total. The van der Waals surface area contributed by atoms with Crippen LogP contribution in [-0.4, -0.2) is 30.8 Å². The van der Waals surface area contributed by atoms with Crippen molar-refractivity contribution < 1.29 is 9.90 Å². The first-order valence-electron chi connectivity index (χ1n) is 4.47. The zero-order valence-corrected chi connectivity index (χ0v) is 8.45. The maximum absolute atomic E-state index is 11.7. The van der Waals surface area contributed by atoms with Crippen LogP contribution in [0, 0.1) is 0 Å². The number of rotatable bonds is 2. The van der Waals surface area contributed by atoms with Gasteiger partial charge < -0.3 is 5.11 Å². The van der Waals surface area contributed by atoms with Gasteiger partial charge in [0.05, 0.1) is 11.8 Å². The Labute approximate surface area is 90.8 Å². The van der Waals surface area contributed by atoms with E-state index >= 15 is 0 Å². The van der Waals surface area contributed by atoms with Crippen LogP contribution in [0.1, 0.15) is 10.4 Å². The van der Waals surface area contributed by atoms with Crippen molar-refractivity contribution in [2.75, 3.05) is 5.32 Å². The minimum atomic E-state index is -0.462. The summed E-state index contributed by atoms with van der Waals surface area (Å²) in [5.41, 5.74) is 0.137. The number of hydrogen-bond acceptors (Lipinski definition) is 5. The van der Waals surface area contributed by atoms with Crippen LogP contribution in [0.3, 0.4) is 0 Å². The van der Waals surface area contributed by atoms with E-state index in [9.17, 15) is 9.90 Å². The molecule has 2 aromatic rings. The summed E-state index contributed by atoms with van der Waals surface area (Å²) >= 11 is 0. The third-order valence-electron chi connectivity index (χ3n) is 1.98. The topological polar surface area (TPSA) is 92.9 Å². The van der Waals surface area contributed by atoms with Crippen molar-refractivity contribution in [3.8, 4) is 5.75 Å². The number of aryl methyl sites for hydroxylation is 1. The molecule has 7 heteroatoms. The first-order valence-corrected chi connectivity index (χ1v) is 4.47. The standard InChI is InChI=1S/C9H9N5O2/c1-14-9(11-5-12-14)13-8(16)6-2-3-10-4-7(6)15/h2-5,15H,1H3,(H,11,12,13,16). The number of amides is 1. The van der Waals surface area contributed by atoms with Gasteiger partial charge in [-0.25, -0.2) is 4.68 Å². The summed E-state index contributed by atoms with van der Waals surface area (Å²) in [6, 6.07) is 1.42. The van der Waals surface area contributed by atoms with Gasteiger partial charge in [0.2, 0.25) is 5.95 Å². The molecule has 2 heterocycles. The highest BCUT2D eigenvalue weighted by Crippen LogP contribution is 2.15. The first-order chi connectivity index (χ1) is 7.68. The molecule has 1 amide bonds. The second kappa shape index (κ2) is 3.97. The summed E-state index contributed by atoms with van der Waals surface area (Å²) in [4.78, 5) is 19.2. The minimum absolute atomic E-state index is 0.137. The lowest BCUT2D eigenvalue weighted by Gasteiger charge is -2.04. The van der Waals surface area contributed by atoms with E-state index < -0.39 is 5.91 Å². The fraction of sp³-hybridized carbons (Fsp3) is 0.111. The van der Waals surface area contributed by atoms with Crippen LogP contribution < -0.4 is 5.32 Å². The fourth-order valence-corrected chi connectivity index (χ4v) is 1.16. The molecule has 2 rings (SSSR count). The Bertz CT molecular complexity index is 522. The Kier molecular flexibility index (Phi) is 2.50. The maximum Gasteiger partial charge on any atom is 0.261 e. The fourth-order valence-electron chi connectivity index (χ4n) is 1.16. The number of nitrogens with zero attached hydrogens (tertiary/aromatic N) is 4. The van der Waals surface area contributed by atoms with Crippen molar-refractivity contribution in [2.45, 2.75) is 0 Å². The third-order valence-corrected chi connectivity index (χ3v) is 1.98. The number of carbonyl (C=O) groups excluding carboxylic acids is 1. The lowest BCUT2D eigenvalue weighted by atomic mass is 10.2. The summed E-state index contributed by atoms with van der Waals surface area (Å²) in [5.74, 6) is -0.334. The van der Waals surface area contributed by atoms with Gasteiger partial charge in [0.25, 0.3) is 5.91 Å². The van der Waals surface area contributed by atoms with Gasteiger partial charge in [0.15, 0.2) is 0 Å². The van der Waals surface area contributed by atoms with Crippen LogP contribution in [0.15, 0.2) is 24.8 Å². The minimum Gasteiger partial charge on any atom is -0.505 e. The van der Waals surface area contributed by atoms with Gasteiger partial charge in [-0.2, -0.15) is 10.1 Å². The molecule has 0 radical (unpaired) electrons. The van der Waals surface area contributed by atoms with E-state index in [0.717, 1.165) is 0 Å². The molecule has 16 heavy (non-hydrogen) atoms. The Morgan fingerprint density at radius 1 is 1.56 bits per heavy atom. The van der Waals surface area contributed by atoms with Gasteiger partial charge in [-0.1, -0.05) is 0 Å². The van der Waals surface area contributed by atoms with Crippen LogP contribution in [0.2, 0.25) is 0 Å². The van der Waals surface area contributed by atoms with Crippen LogP contribution >= 0.6 is 0 Å². The summed E-state index contributed by atoms with van der Waals surface area (Å²) in [6.45, 7) is 0. The molecule has 0 saturated carbocycles. The third kappa shape index (κ3) is 1.83. The number of aromatic nitrogens is 4. The largest absolute Gasteiger partial charge is 0.505 e. The molecular formula is C9H9N5O2. The van der Waals surface area contributed by atoms with Gasteiger partial charge >= 0.3 is 0 Å². The summed E-state index contributed by atoms with van der Waals surface area (Å²) in [6.07, 6.45) is 3.94. The van der Waals surface area contributed by atoms with Crippen LogP contribution in [0.5, 0.6) is 5.75 Å². The number of hydrogen-bond donors (Lipinski definition) is 2. The molecular weight excluding hydrogens is 210 g/mol. The monoisotopic (exact) mass is 219 g/mol. The van der Waals surface area contributed by atoms with E-state index in [1.807, 2.05) is 0 Å². The van der Waals surface area contributed by atoms with Crippen molar-refractivity contribution in [3.63, 3.8) is 0 Å². The quantitative estimate of drug-likeness (QED) is 0.750. The Morgan fingerprint density at radius 2 is 2.38 bits per heavy atom. The first kappa shape index (κ1) is 10.1. The van der Waals surface area contributed by atoms with Gasteiger partial charge in [-0.05, 0) is 6.07 Å². The van der Waals surface area contributed by atoms with E-state index in [1.54, 1.807) is 7.05 Å². The Balaban J connectivity index is 2.22. The van der Waals surface area contributed by atoms with Crippen LogP contribution in [0.25, 0.3) is 0 Å². The van der Waals surface area contributed by atoms with Crippen molar-refractivity contribution in [2.24, 2.45) is 7.05 Å². The maximum atomic E-state index is 11.7. The molecule has 0 aliphatic carbocycles. The van der Waals surface area contributed by atoms with Crippen molar-refractivity contribution in [1.82, 2.24) is 19.7 Å². The van der Waals surface area contributed by atoms with E-state index in [0.29, 0.717) is 5.95 Å². The Morgan fingerprint density at radius 3 is 3.00 bits per heavy atom. The summed E-state index contributed by atoms with van der Waals surface area (Å²) in [5, 5.41) is 15.7. The van der Waals surface area contributed by atoms with Crippen molar-refractivity contribution in [3.05, 3.63) is 30.4 Å². The van der Waals surface area contributed by atoms with E-state index in [1.165, 1.54) is 29.5 Å². The zero-order valence-electron chi connectivity index (χ0n) is 8.45. The highest BCUT2D eigenvalue weighted by molar-refractivity contribution is 6.05. The van der Waals surface area contributed by atoms with E-state index in [-0.39, 0.29) is 11.3 Å². The average Bonchev–Trinajstić information content (AvgIpc) is 2.65. The molecule has 0 saturated heterocycles. The SMILES string of the molecule is Cn1ncnc1NC(=O)c1ccncc1O. The zero-order chi connectivity index (χ0) is 11.5. The van der Waals surface area contributed by atoms with Gasteiger partial charge in [-0.15, -0.1) is 0 Å². The number of aromatic hydroxyl groups is 1. The van der Waals surface area contributed by atoms with Gasteiger partial charge in [-0.3, -0.25) is 15.1 Å². The number of pyridine rings is 1. The molecule has 0 spiro atoms. The molecule has 0 bridgehead atoms. The molecule has 2 N–H and O–H groups in total. The molecule has 2 aromatic heterocycles. The van der Waals surface area contributed by atoms with Crippen LogP contribution in [-0.2, 0) is 7.05 Å². The average molecular weight is 219 g/mol. The lowest BCUT2D eigenvalue weighted by Crippen LogP contribution is -2.15.